The Morgan fingerprint density at radius 2 is 0.619 bits per heavy atom. The third kappa shape index (κ3) is 40.8. The quantitative estimate of drug-likeness (QED) is 0.0455. The topological polar surface area (TPSA) is 52.6 Å². The van der Waals surface area contributed by atoms with Crippen molar-refractivity contribution in [3.05, 3.63) is 12.2 Å². The van der Waals surface area contributed by atoms with Gasteiger partial charge in [0.15, 0.2) is 0 Å². The lowest BCUT2D eigenvalue weighted by molar-refractivity contribution is -0.141. The van der Waals surface area contributed by atoms with E-state index < -0.39 is 0 Å². The molecule has 0 saturated carbocycles. The number of carbonyl (C=O) groups is 2. The Bertz CT molecular complexity index is 557. The van der Waals surface area contributed by atoms with Gasteiger partial charge in [0.1, 0.15) is 0 Å². The second-order valence-electron chi connectivity index (χ2n) is 12.2. The van der Waals surface area contributed by atoms with Crippen LogP contribution in [-0.4, -0.2) is 26.2 Å². The van der Waals surface area contributed by atoms with Crippen molar-refractivity contribution in [3.63, 3.8) is 0 Å². The Labute approximate surface area is 263 Å². The van der Waals surface area contributed by atoms with E-state index in [1.54, 1.807) is 0 Å². The summed E-state index contributed by atoms with van der Waals surface area (Å²) in [5.41, 5.74) is 0. The Morgan fingerprint density at radius 1 is 0.381 bits per heavy atom. The molecule has 0 aliphatic rings. The summed E-state index contributed by atoms with van der Waals surface area (Å²) in [6.45, 7) is 4.54. The molecule has 0 aromatic carbocycles. The van der Waals surface area contributed by atoms with Crippen molar-refractivity contribution in [1.29, 1.82) is 0 Å². The number of unbranched alkanes of at least 4 members (excludes halogenated alkanes) is 25. The molecule has 4 heteroatoms. The predicted molar refractivity (Wildman–Crippen MR) is 183 cm³/mol. The number of rotatable bonds is 31. The predicted octanol–water partition coefficient (Wildman–Crippen LogP) is 12.6. The largest absolute Gasteiger partial charge is 0.469 e. The van der Waals surface area contributed by atoms with Crippen LogP contribution in [0.2, 0.25) is 0 Å². The van der Waals surface area contributed by atoms with Crippen LogP contribution in [0.15, 0.2) is 12.2 Å². The summed E-state index contributed by atoms with van der Waals surface area (Å²) in [4.78, 5) is 21.8. The van der Waals surface area contributed by atoms with Gasteiger partial charge in [-0.2, -0.15) is 0 Å². The first kappa shape index (κ1) is 42.8. The molecule has 42 heavy (non-hydrogen) atoms. The maximum Gasteiger partial charge on any atom is 0.305 e. The third-order valence-electron chi connectivity index (χ3n) is 8.08. The maximum atomic E-state index is 10.9. The summed E-state index contributed by atoms with van der Waals surface area (Å²) < 4.78 is 9.25. The summed E-state index contributed by atoms with van der Waals surface area (Å²) in [6.07, 6.45) is 42.9. The molecule has 0 radical (unpaired) electrons. The zero-order chi connectivity index (χ0) is 31.2. The molecule has 0 spiro atoms. The highest BCUT2D eigenvalue weighted by atomic mass is 16.5. The molecule has 0 amide bonds. The molecule has 0 saturated heterocycles. The van der Waals surface area contributed by atoms with E-state index in [2.05, 4.69) is 35.5 Å². The minimum absolute atomic E-state index is 0.0651. The second kappa shape index (κ2) is 39.7. The van der Waals surface area contributed by atoms with E-state index in [-0.39, 0.29) is 11.9 Å². The molecule has 0 N–H and O–H groups in total. The van der Waals surface area contributed by atoms with Crippen molar-refractivity contribution < 1.29 is 19.1 Å². The van der Waals surface area contributed by atoms with Gasteiger partial charge in [-0.25, -0.2) is 0 Å². The van der Waals surface area contributed by atoms with Crippen LogP contribution in [0.3, 0.4) is 0 Å². The van der Waals surface area contributed by atoms with E-state index >= 15 is 0 Å². The zero-order valence-corrected chi connectivity index (χ0v) is 29.0. The lowest BCUT2D eigenvalue weighted by Crippen LogP contribution is -1.99. The molecule has 0 heterocycles. The van der Waals surface area contributed by atoms with E-state index in [9.17, 15) is 9.59 Å². The van der Waals surface area contributed by atoms with Gasteiger partial charge in [-0.3, -0.25) is 9.59 Å². The van der Waals surface area contributed by atoms with Gasteiger partial charge in [0.05, 0.1) is 14.2 Å². The number of ether oxygens (including phenoxy) is 2. The molecule has 4 nitrogen and oxygen atoms in total. The zero-order valence-electron chi connectivity index (χ0n) is 29.0. The van der Waals surface area contributed by atoms with Crippen molar-refractivity contribution in [3.8, 4) is 0 Å². The van der Waals surface area contributed by atoms with E-state index in [0.717, 1.165) is 19.3 Å². The van der Waals surface area contributed by atoms with Crippen LogP contribution < -0.4 is 0 Å². The SMILES string of the molecule is CCCCCCCC/C=C/CCCCCCCC(=O)OC.CCCCCCCCCCCCCCCCCC(=O)OC. The van der Waals surface area contributed by atoms with Crippen molar-refractivity contribution in [2.24, 2.45) is 0 Å². The summed E-state index contributed by atoms with van der Waals surface area (Å²) in [6, 6.07) is 0. The van der Waals surface area contributed by atoms with Crippen molar-refractivity contribution in [1.82, 2.24) is 0 Å². The minimum Gasteiger partial charge on any atom is -0.469 e. The van der Waals surface area contributed by atoms with E-state index in [4.69, 9.17) is 0 Å². The standard InChI is InChI=1S/C19H38O2.C19H36O2/c2*1-3-4-5-6-7-8-9-10-11-12-13-14-15-16-17-18-19(20)21-2/h3-18H2,1-2H3;10-11H,3-9,12-18H2,1-2H3/b;11-10+. The Balaban J connectivity index is 0. The van der Waals surface area contributed by atoms with Gasteiger partial charge in [-0.15, -0.1) is 0 Å². The molecule has 0 aromatic rings. The van der Waals surface area contributed by atoms with Gasteiger partial charge in [0, 0.05) is 12.8 Å². The van der Waals surface area contributed by atoms with Crippen LogP contribution in [0.4, 0.5) is 0 Å². The van der Waals surface area contributed by atoms with Gasteiger partial charge in [-0.1, -0.05) is 167 Å². The minimum atomic E-state index is -0.0763. The van der Waals surface area contributed by atoms with E-state index in [1.165, 1.54) is 175 Å². The van der Waals surface area contributed by atoms with Gasteiger partial charge in [0.25, 0.3) is 0 Å². The van der Waals surface area contributed by atoms with Gasteiger partial charge in [0.2, 0.25) is 0 Å². The molecule has 250 valence electrons. The molecule has 0 bridgehead atoms. The number of hydrogen-bond donors (Lipinski definition) is 0. The monoisotopic (exact) mass is 595 g/mol. The fourth-order valence-electron chi connectivity index (χ4n) is 5.18. The first-order valence-electron chi connectivity index (χ1n) is 18.4. The molecule has 0 fully saturated rings. The van der Waals surface area contributed by atoms with Crippen molar-refractivity contribution >= 4 is 11.9 Å². The second-order valence-corrected chi connectivity index (χ2v) is 12.2. The maximum absolute atomic E-state index is 10.9. The molecule has 0 atom stereocenters. The number of allylic oxidation sites excluding steroid dienone is 2. The smallest absolute Gasteiger partial charge is 0.305 e. The van der Waals surface area contributed by atoms with Crippen LogP contribution in [0.1, 0.15) is 206 Å². The Morgan fingerprint density at radius 3 is 0.881 bits per heavy atom. The van der Waals surface area contributed by atoms with Crippen LogP contribution in [0.5, 0.6) is 0 Å². The molecule has 0 aliphatic heterocycles. The lowest BCUT2D eigenvalue weighted by Gasteiger charge is -2.03. The molecule has 0 aliphatic carbocycles. The van der Waals surface area contributed by atoms with Crippen LogP contribution in [-0.2, 0) is 19.1 Å². The number of esters is 2. The van der Waals surface area contributed by atoms with Gasteiger partial charge < -0.3 is 9.47 Å². The number of methoxy groups -OCH3 is 2. The van der Waals surface area contributed by atoms with Gasteiger partial charge >= 0.3 is 11.9 Å². The molecule has 0 unspecified atom stereocenters. The van der Waals surface area contributed by atoms with Crippen LogP contribution >= 0.6 is 0 Å². The molecule has 0 aromatic heterocycles. The lowest BCUT2D eigenvalue weighted by atomic mass is 10.0. The average Bonchev–Trinajstić information content (AvgIpc) is 3.01. The Kier molecular flexibility index (Phi) is 40.4. The average molecular weight is 595 g/mol. The first-order valence-corrected chi connectivity index (χ1v) is 18.4. The van der Waals surface area contributed by atoms with E-state index in [0.29, 0.717) is 12.8 Å². The highest BCUT2D eigenvalue weighted by molar-refractivity contribution is 5.69. The van der Waals surface area contributed by atoms with Gasteiger partial charge in [-0.05, 0) is 38.5 Å². The highest BCUT2D eigenvalue weighted by Crippen LogP contribution is 2.14. The number of hydrogen-bond acceptors (Lipinski definition) is 4. The molecular weight excluding hydrogens is 520 g/mol. The third-order valence-corrected chi connectivity index (χ3v) is 8.08. The number of carbonyl (C=O) groups excluding carboxylic acids is 2. The highest BCUT2D eigenvalue weighted by Gasteiger charge is 2.00. The summed E-state index contributed by atoms with van der Waals surface area (Å²) in [5.74, 6) is -0.141. The van der Waals surface area contributed by atoms with E-state index in [1.807, 2.05) is 0 Å². The van der Waals surface area contributed by atoms with Crippen molar-refractivity contribution in [2.45, 2.75) is 206 Å². The molecule has 0 rings (SSSR count). The normalized spacial score (nSPS) is 11.0. The fourth-order valence-corrected chi connectivity index (χ4v) is 5.18. The molecular formula is C38H74O4. The summed E-state index contributed by atoms with van der Waals surface area (Å²) in [5, 5.41) is 0. The fraction of sp³-hybridized carbons (Fsp3) is 0.895. The first-order chi connectivity index (χ1) is 20.6. The Hall–Kier alpha value is -1.32. The van der Waals surface area contributed by atoms with Crippen molar-refractivity contribution in [2.75, 3.05) is 14.2 Å². The van der Waals surface area contributed by atoms with Crippen LogP contribution in [0, 0.1) is 0 Å². The summed E-state index contributed by atoms with van der Waals surface area (Å²) >= 11 is 0. The van der Waals surface area contributed by atoms with Crippen LogP contribution in [0.25, 0.3) is 0 Å². The summed E-state index contributed by atoms with van der Waals surface area (Å²) in [7, 11) is 2.92.